The topological polar surface area (TPSA) is 135 Å². The normalized spacial score (nSPS) is 17.7. The number of fused-ring (bicyclic) bond motifs is 1. The van der Waals surface area contributed by atoms with Gasteiger partial charge in [-0.3, -0.25) is 14.2 Å². The molecule has 2 heterocycles. The third kappa shape index (κ3) is 8.48. The first-order chi connectivity index (χ1) is 24.2. The van der Waals surface area contributed by atoms with Crippen LogP contribution in [0.1, 0.15) is 78.1 Å². The van der Waals surface area contributed by atoms with Crippen molar-refractivity contribution >= 4 is 42.6 Å². The minimum absolute atomic E-state index is 0.00934. The number of carbonyl (C=O) groups is 2. The van der Waals surface area contributed by atoms with Crippen LogP contribution in [0.5, 0.6) is 5.75 Å². The highest BCUT2D eigenvalue weighted by molar-refractivity contribution is 7.53. The lowest BCUT2D eigenvalue weighted by Gasteiger charge is -2.30. The number of alkyl halides is 3. The average Bonchev–Trinajstić information content (AvgIpc) is 3.38. The van der Waals surface area contributed by atoms with Gasteiger partial charge in [0.25, 0.3) is 5.91 Å². The maximum absolute atomic E-state index is 14.3. The van der Waals surface area contributed by atoms with E-state index in [1.54, 1.807) is 64.2 Å². The first-order valence-corrected chi connectivity index (χ1v) is 18.6. The molecule has 0 unspecified atom stereocenters. The van der Waals surface area contributed by atoms with Crippen LogP contribution in [0.25, 0.3) is 0 Å². The molecule has 1 saturated carbocycles. The Kier molecular flexibility index (Phi) is 11.6. The lowest BCUT2D eigenvalue weighted by atomic mass is 9.76. The molecule has 0 saturated heterocycles. The fourth-order valence-electron chi connectivity index (χ4n) is 6.76. The van der Waals surface area contributed by atoms with Gasteiger partial charge in [-0.05, 0) is 80.3 Å². The summed E-state index contributed by atoms with van der Waals surface area (Å²) in [6.07, 6.45) is -1.16. The van der Waals surface area contributed by atoms with Gasteiger partial charge in [-0.2, -0.15) is 18.2 Å². The number of nitrogens with zero attached hydrogens (tertiary/aromatic N) is 4. The molecule has 1 aromatic heterocycles. The van der Waals surface area contributed by atoms with Gasteiger partial charge in [0.05, 0.1) is 43.4 Å². The van der Waals surface area contributed by atoms with Gasteiger partial charge in [0, 0.05) is 39.8 Å². The van der Waals surface area contributed by atoms with Gasteiger partial charge in [-0.1, -0.05) is 12.1 Å². The molecule has 2 N–H and O–H groups in total. The van der Waals surface area contributed by atoms with Gasteiger partial charge >= 0.3 is 13.8 Å². The number of halogens is 3. The number of aromatic nitrogens is 2. The van der Waals surface area contributed by atoms with E-state index in [2.05, 4.69) is 20.6 Å². The SMILES string of the molecule is CCOP(=O)(Cc1ccc(Nc2ncc(C(F)(F)F)c(Nc3ccc(C4CCC(C(=O)N(C)C)CC4)c4c3C(=O)N(C)C4)n2)c(OC)c1)OCC. The first-order valence-electron chi connectivity index (χ1n) is 16.8. The summed E-state index contributed by atoms with van der Waals surface area (Å²) in [5.41, 5.74) is 2.07. The molecule has 0 radical (unpaired) electrons. The zero-order valence-electron chi connectivity index (χ0n) is 29.6. The van der Waals surface area contributed by atoms with Gasteiger partial charge in [0.15, 0.2) is 0 Å². The number of anilines is 4. The summed E-state index contributed by atoms with van der Waals surface area (Å²) in [4.78, 5) is 37.2. The number of methoxy groups -OCH3 is 1. The number of ether oxygens (including phenoxy) is 1. The van der Waals surface area contributed by atoms with Crippen LogP contribution in [0, 0.1) is 5.92 Å². The Labute approximate surface area is 295 Å². The van der Waals surface area contributed by atoms with E-state index in [-0.39, 0.29) is 54.7 Å². The van der Waals surface area contributed by atoms with Gasteiger partial charge in [0.1, 0.15) is 17.1 Å². The van der Waals surface area contributed by atoms with E-state index in [0.717, 1.165) is 36.8 Å². The molecule has 51 heavy (non-hydrogen) atoms. The second kappa shape index (κ2) is 15.6. The molecule has 2 aliphatic rings. The summed E-state index contributed by atoms with van der Waals surface area (Å²) in [5, 5.41) is 5.73. The molecule has 0 bridgehead atoms. The number of carbonyl (C=O) groups excluding carboxylic acids is 2. The average molecular weight is 733 g/mol. The van der Waals surface area contributed by atoms with E-state index in [1.165, 1.54) is 12.0 Å². The summed E-state index contributed by atoms with van der Waals surface area (Å²) in [6, 6.07) is 8.38. The van der Waals surface area contributed by atoms with Crippen molar-refractivity contribution in [2.24, 2.45) is 5.92 Å². The Hall–Kier alpha value is -4.20. The number of hydrogen-bond donors (Lipinski definition) is 2. The van der Waals surface area contributed by atoms with E-state index in [0.29, 0.717) is 35.3 Å². The van der Waals surface area contributed by atoms with Gasteiger partial charge < -0.3 is 34.2 Å². The highest BCUT2D eigenvalue weighted by Gasteiger charge is 2.38. The van der Waals surface area contributed by atoms with Crippen molar-refractivity contribution in [3.05, 3.63) is 64.3 Å². The van der Waals surface area contributed by atoms with Crippen LogP contribution in [0.2, 0.25) is 0 Å². The lowest BCUT2D eigenvalue weighted by Crippen LogP contribution is -2.32. The molecule has 2 amide bonds. The minimum atomic E-state index is -4.80. The second-order valence-corrected chi connectivity index (χ2v) is 14.9. The predicted molar refractivity (Wildman–Crippen MR) is 187 cm³/mol. The molecule has 3 aromatic rings. The molecule has 0 spiro atoms. The number of hydrogen-bond acceptors (Lipinski definition) is 10. The Balaban J connectivity index is 1.44. The fraction of sp³-hybridized carbons (Fsp3) is 0.486. The quantitative estimate of drug-likeness (QED) is 0.168. The largest absolute Gasteiger partial charge is 0.495 e. The van der Waals surface area contributed by atoms with Crippen molar-refractivity contribution in [2.75, 3.05) is 52.1 Å². The highest BCUT2D eigenvalue weighted by Crippen LogP contribution is 2.52. The van der Waals surface area contributed by atoms with Crippen molar-refractivity contribution in [3.8, 4) is 5.75 Å². The standard InChI is InChI=1S/C35H44F3N6O6P/c1-7-49-51(47,50-8-2)20-21-9-15-27(29(17-21)48-6)41-34-39-18-26(35(36,37)38)31(42-34)40-28-16-14-24(25-19-44(5)33(46)30(25)28)22-10-12-23(13-11-22)32(45)43(3)4/h9,14-18,22-23H,7-8,10-13,19-20H2,1-6H3,(H2,39,40,41,42). The molecule has 16 heteroatoms. The molecule has 1 fully saturated rings. The summed E-state index contributed by atoms with van der Waals surface area (Å²) in [5.74, 6) is -0.535. The molecular weight excluding hydrogens is 688 g/mol. The summed E-state index contributed by atoms with van der Waals surface area (Å²) < 4.78 is 72.2. The zero-order chi connectivity index (χ0) is 37.1. The Morgan fingerprint density at radius 2 is 1.71 bits per heavy atom. The van der Waals surface area contributed by atoms with Crippen molar-refractivity contribution in [1.82, 2.24) is 19.8 Å². The Bertz CT molecular complexity index is 1810. The number of nitrogens with one attached hydrogen (secondary N) is 2. The molecule has 0 atom stereocenters. The number of amides is 2. The van der Waals surface area contributed by atoms with E-state index in [4.69, 9.17) is 13.8 Å². The summed E-state index contributed by atoms with van der Waals surface area (Å²) >= 11 is 0. The molecule has 2 aromatic carbocycles. The van der Waals surface area contributed by atoms with Crippen molar-refractivity contribution in [2.45, 2.75) is 64.3 Å². The smallest absolute Gasteiger partial charge is 0.421 e. The molecule has 276 valence electrons. The zero-order valence-corrected chi connectivity index (χ0v) is 30.5. The van der Waals surface area contributed by atoms with E-state index < -0.39 is 25.2 Å². The summed E-state index contributed by atoms with van der Waals surface area (Å²) in [6.45, 7) is 4.16. The number of benzene rings is 2. The minimum Gasteiger partial charge on any atom is -0.495 e. The Morgan fingerprint density at radius 1 is 1.04 bits per heavy atom. The maximum atomic E-state index is 14.3. The van der Waals surface area contributed by atoms with Crippen molar-refractivity contribution in [1.29, 1.82) is 0 Å². The molecule has 5 rings (SSSR count). The monoisotopic (exact) mass is 732 g/mol. The second-order valence-electron chi connectivity index (χ2n) is 12.8. The first kappa shape index (κ1) is 38.0. The van der Waals surface area contributed by atoms with E-state index in [9.17, 15) is 27.3 Å². The van der Waals surface area contributed by atoms with Gasteiger partial charge in [-0.15, -0.1) is 0 Å². The van der Waals surface area contributed by atoms with E-state index >= 15 is 0 Å². The summed E-state index contributed by atoms with van der Waals surface area (Å²) in [7, 11) is 3.16. The van der Waals surface area contributed by atoms with E-state index in [1.807, 2.05) is 6.07 Å². The van der Waals surface area contributed by atoms with Crippen LogP contribution in [0.3, 0.4) is 0 Å². The van der Waals surface area contributed by atoms with Crippen LogP contribution in [-0.4, -0.2) is 73.0 Å². The third-order valence-electron chi connectivity index (χ3n) is 9.15. The third-order valence-corrected chi connectivity index (χ3v) is 11.2. The van der Waals surface area contributed by atoms with Crippen molar-refractivity contribution < 1.29 is 41.1 Å². The molecule has 1 aliphatic carbocycles. The van der Waals surface area contributed by atoms with Crippen LogP contribution in [0.4, 0.5) is 36.3 Å². The van der Waals surface area contributed by atoms with Crippen LogP contribution >= 0.6 is 7.60 Å². The van der Waals surface area contributed by atoms with Gasteiger partial charge in [0.2, 0.25) is 11.9 Å². The number of rotatable bonds is 13. The van der Waals surface area contributed by atoms with Crippen molar-refractivity contribution in [3.63, 3.8) is 0 Å². The van der Waals surface area contributed by atoms with Crippen LogP contribution in [0.15, 0.2) is 36.5 Å². The Morgan fingerprint density at radius 3 is 2.31 bits per heavy atom. The predicted octanol–water partition coefficient (Wildman–Crippen LogP) is 7.70. The molecular formula is C35H44F3N6O6P. The lowest BCUT2D eigenvalue weighted by molar-refractivity contribution is -0.137. The van der Waals surface area contributed by atoms with Crippen LogP contribution in [-0.2, 0) is 37.3 Å². The molecule has 1 aliphatic heterocycles. The molecule has 12 nitrogen and oxygen atoms in total. The fourth-order valence-corrected chi connectivity index (χ4v) is 8.44. The van der Waals surface area contributed by atoms with Crippen LogP contribution < -0.4 is 15.4 Å². The highest BCUT2D eigenvalue weighted by atomic mass is 31.2. The van der Waals surface area contributed by atoms with Gasteiger partial charge in [-0.25, -0.2) is 4.98 Å². The maximum Gasteiger partial charge on any atom is 0.421 e.